The maximum atomic E-state index is 12.5. The standard InChI is InChI=1S/C15H16N2O3/c1-15(2)14(17)10(16)9-11(18)7-5-3-4-6-8(7)12(19)13(9)20-15/h3-6,10,14H,16-17H2,1-2H3. The number of rotatable bonds is 0. The molecule has 1 aromatic rings. The lowest BCUT2D eigenvalue weighted by Gasteiger charge is -2.43. The Balaban J connectivity index is 2.22. The summed E-state index contributed by atoms with van der Waals surface area (Å²) in [5, 5.41) is 0. The first-order valence-electron chi connectivity index (χ1n) is 6.47. The highest BCUT2D eigenvalue weighted by atomic mass is 16.5. The van der Waals surface area contributed by atoms with E-state index in [9.17, 15) is 9.59 Å². The predicted octanol–water partition coefficient (Wildman–Crippen LogP) is 0.783. The summed E-state index contributed by atoms with van der Waals surface area (Å²) in [5.74, 6) is -0.521. The van der Waals surface area contributed by atoms with Crippen LogP contribution in [-0.4, -0.2) is 29.3 Å². The van der Waals surface area contributed by atoms with E-state index in [0.717, 1.165) is 0 Å². The van der Waals surface area contributed by atoms with Gasteiger partial charge in [-0.2, -0.15) is 0 Å². The molecule has 5 nitrogen and oxygen atoms in total. The van der Waals surface area contributed by atoms with E-state index in [1.54, 1.807) is 38.1 Å². The Kier molecular flexibility index (Phi) is 2.61. The SMILES string of the molecule is CC1(C)OC2=C(C(=O)c3ccccc3C2=O)C(N)C1N. The van der Waals surface area contributed by atoms with Crippen molar-refractivity contribution in [1.29, 1.82) is 0 Å². The van der Waals surface area contributed by atoms with Crippen molar-refractivity contribution >= 4 is 11.6 Å². The Morgan fingerprint density at radius 1 is 1.05 bits per heavy atom. The smallest absolute Gasteiger partial charge is 0.228 e. The molecular weight excluding hydrogens is 256 g/mol. The molecule has 104 valence electrons. The molecule has 0 saturated heterocycles. The van der Waals surface area contributed by atoms with Crippen molar-refractivity contribution in [1.82, 2.24) is 0 Å². The normalized spacial score (nSPS) is 27.8. The molecule has 5 heteroatoms. The maximum absolute atomic E-state index is 12.5. The van der Waals surface area contributed by atoms with Crippen LogP contribution < -0.4 is 11.5 Å². The van der Waals surface area contributed by atoms with Crippen molar-refractivity contribution in [2.45, 2.75) is 31.5 Å². The zero-order chi connectivity index (χ0) is 14.7. The average Bonchev–Trinajstić information content (AvgIpc) is 2.42. The first-order chi connectivity index (χ1) is 9.34. The molecule has 3 rings (SSSR count). The van der Waals surface area contributed by atoms with Gasteiger partial charge < -0.3 is 16.2 Å². The second-order valence-electron chi connectivity index (χ2n) is 5.70. The van der Waals surface area contributed by atoms with Gasteiger partial charge in [0.2, 0.25) is 5.78 Å². The van der Waals surface area contributed by atoms with Gasteiger partial charge in [0.05, 0.1) is 17.7 Å². The second-order valence-corrected chi connectivity index (χ2v) is 5.70. The molecule has 2 unspecified atom stereocenters. The highest BCUT2D eigenvalue weighted by Gasteiger charge is 2.48. The molecule has 0 bridgehead atoms. The van der Waals surface area contributed by atoms with Crippen LogP contribution in [0.15, 0.2) is 35.6 Å². The third-order valence-corrected chi connectivity index (χ3v) is 4.00. The van der Waals surface area contributed by atoms with Crippen LogP contribution in [0, 0.1) is 0 Å². The fraction of sp³-hybridized carbons (Fsp3) is 0.333. The quantitative estimate of drug-likeness (QED) is 0.727. The Hall–Kier alpha value is -1.98. The summed E-state index contributed by atoms with van der Waals surface area (Å²) in [6.07, 6.45) is 0. The minimum atomic E-state index is -0.791. The number of ether oxygens (including phenoxy) is 1. The van der Waals surface area contributed by atoms with E-state index in [4.69, 9.17) is 16.2 Å². The molecular formula is C15H16N2O3. The molecule has 2 aliphatic rings. The molecule has 4 N–H and O–H groups in total. The summed E-state index contributed by atoms with van der Waals surface area (Å²) in [6, 6.07) is 5.42. The minimum Gasteiger partial charge on any atom is -0.482 e. The molecule has 1 aromatic carbocycles. The first-order valence-corrected chi connectivity index (χ1v) is 6.47. The molecule has 0 amide bonds. The predicted molar refractivity (Wildman–Crippen MR) is 73.2 cm³/mol. The largest absolute Gasteiger partial charge is 0.482 e. The monoisotopic (exact) mass is 272 g/mol. The number of fused-ring (bicyclic) bond motifs is 1. The third-order valence-electron chi connectivity index (χ3n) is 4.00. The van der Waals surface area contributed by atoms with Gasteiger partial charge >= 0.3 is 0 Å². The topological polar surface area (TPSA) is 95.4 Å². The van der Waals surface area contributed by atoms with Gasteiger partial charge in [-0.1, -0.05) is 24.3 Å². The Morgan fingerprint density at radius 3 is 2.20 bits per heavy atom. The Morgan fingerprint density at radius 2 is 1.60 bits per heavy atom. The maximum Gasteiger partial charge on any atom is 0.228 e. The highest BCUT2D eigenvalue weighted by Crippen LogP contribution is 2.37. The molecule has 0 spiro atoms. The molecule has 0 fully saturated rings. The molecule has 0 radical (unpaired) electrons. The van der Waals surface area contributed by atoms with Gasteiger partial charge in [-0.05, 0) is 13.8 Å². The van der Waals surface area contributed by atoms with E-state index >= 15 is 0 Å². The number of hydrogen-bond donors (Lipinski definition) is 2. The van der Waals surface area contributed by atoms with E-state index in [0.29, 0.717) is 11.1 Å². The van der Waals surface area contributed by atoms with Crippen molar-refractivity contribution in [3.63, 3.8) is 0 Å². The molecule has 1 heterocycles. The fourth-order valence-corrected chi connectivity index (χ4v) is 2.72. The van der Waals surface area contributed by atoms with Crippen molar-refractivity contribution in [3.8, 4) is 0 Å². The minimum absolute atomic E-state index is 0.0490. The number of carbonyl (C=O) groups excluding carboxylic acids is 2. The van der Waals surface area contributed by atoms with Gasteiger partial charge in [-0.15, -0.1) is 0 Å². The van der Waals surface area contributed by atoms with E-state index in [1.807, 2.05) is 0 Å². The summed E-state index contributed by atoms with van der Waals surface area (Å²) in [6.45, 7) is 3.53. The van der Waals surface area contributed by atoms with Crippen molar-refractivity contribution in [2.24, 2.45) is 11.5 Å². The Labute approximate surface area is 116 Å². The van der Waals surface area contributed by atoms with Crippen LogP contribution in [0.25, 0.3) is 0 Å². The van der Waals surface area contributed by atoms with Crippen LogP contribution in [0.3, 0.4) is 0 Å². The van der Waals surface area contributed by atoms with Crippen molar-refractivity contribution < 1.29 is 14.3 Å². The van der Waals surface area contributed by atoms with Crippen LogP contribution in [0.5, 0.6) is 0 Å². The van der Waals surface area contributed by atoms with Crippen LogP contribution in [0.2, 0.25) is 0 Å². The highest BCUT2D eigenvalue weighted by molar-refractivity contribution is 6.26. The lowest BCUT2D eigenvalue weighted by atomic mass is 9.77. The van der Waals surface area contributed by atoms with Gasteiger partial charge in [0.15, 0.2) is 11.5 Å². The summed E-state index contributed by atoms with van der Waals surface area (Å²) in [4.78, 5) is 25.0. The molecule has 2 atom stereocenters. The molecule has 1 aliphatic carbocycles. The number of Topliss-reactive ketones (excluding diaryl/α,β-unsaturated/α-hetero) is 2. The second kappa shape index (κ2) is 4.01. The van der Waals surface area contributed by atoms with Gasteiger partial charge in [0.1, 0.15) is 5.60 Å². The average molecular weight is 272 g/mol. The lowest BCUT2D eigenvalue weighted by Crippen LogP contribution is -2.61. The van der Waals surface area contributed by atoms with Gasteiger partial charge in [0.25, 0.3) is 0 Å². The fourth-order valence-electron chi connectivity index (χ4n) is 2.72. The summed E-state index contributed by atoms with van der Waals surface area (Å²) >= 11 is 0. The van der Waals surface area contributed by atoms with Gasteiger partial charge in [0, 0.05) is 11.1 Å². The number of allylic oxidation sites excluding steroid dienone is 1. The number of hydrogen-bond acceptors (Lipinski definition) is 5. The first kappa shape index (κ1) is 13.0. The third kappa shape index (κ3) is 1.57. The molecule has 0 aromatic heterocycles. The van der Waals surface area contributed by atoms with Crippen LogP contribution in [-0.2, 0) is 4.74 Å². The molecule has 1 aliphatic heterocycles. The lowest BCUT2D eigenvalue weighted by molar-refractivity contribution is -0.00882. The van der Waals surface area contributed by atoms with Crippen LogP contribution >= 0.6 is 0 Å². The van der Waals surface area contributed by atoms with Gasteiger partial charge in [-0.25, -0.2) is 0 Å². The molecule has 20 heavy (non-hydrogen) atoms. The van der Waals surface area contributed by atoms with E-state index in [-0.39, 0.29) is 22.9 Å². The summed E-state index contributed by atoms with van der Waals surface area (Å²) in [7, 11) is 0. The summed E-state index contributed by atoms with van der Waals surface area (Å²) < 4.78 is 5.70. The number of benzene rings is 1. The number of nitrogens with two attached hydrogens (primary N) is 2. The van der Waals surface area contributed by atoms with E-state index in [2.05, 4.69) is 0 Å². The number of carbonyl (C=O) groups is 2. The Bertz CT molecular complexity index is 661. The van der Waals surface area contributed by atoms with Crippen LogP contribution in [0.4, 0.5) is 0 Å². The zero-order valence-electron chi connectivity index (χ0n) is 11.3. The zero-order valence-corrected chi connectivity index (χ0v) is 11.3. The van der Waals surface area contributed by atoms with Gasteiger partial charge in [-0.3, -0.25) is 9.59 Å². The van der Waals surface area contributed by atoms with Crippen molar-refractivity contribution in [2.75, 3.05) is 0 Å². The molecule has 0 saturated carbocycles. The summed E-state index contributed by atoms with van der Waals surface area (Å²) in [5.41, 5.74) is 12.2. The van der Waals surface area contributed by atoms with E-state index < -0.39 is 17.7 Å². The van der Waals surface area contributed by atoms with E-state index in [1.165, 1.54) is 0 Å². The number of ketones is 2. The van der Waals surface area contributed by atoms with Crippen molar-refractivity contribution in [3.05, 3.63) is 46.7 Å². The van der Waals surface area contributed by atoms with Crippen LogP contribution in [0.1, 0.15) is 34.6 Å².